The number of carbonyl (C=O) groups excluding carboxylic acids is 6. The number of ketones is 3. The van der Waals surface area contributed by atoms with E-state index in [9.17, 15) is 28.8 Å². The molecule has 1 saturated carbocycles. The van der Waals surface area contributed by atoms with Crippen LogP contribution in [0.3, 0.4) is 0 Å². The highest BCUT2D eigenvalue weighted by atomic mass is 16.7. The molecule has 2 aliphatic rings. The third-order valence-corrected chi connectivity index (χ3v) is 13.5. The lowest BCUT2D eigenvalue weighted by molar-refractivity contribution is -0.943. The molecule has 0 bridgehead atoms. The zero-order chi connectivity index (χ0) is 52.6. The number of methoxy groups -OCH3 is 1. The lowest BCUT2D eigenvalue weighted by Crippen LogP contribution is -2.59. The lowest BCUT2D eigenvalue weighted by atomic mass is 9.87. The zero-order valence-corrected chi connectivity index (χ0v) is 44.1. The van der Waals surface area contributed by atoms with Gasteiger partial charge in [0.15, 0.2) is 17.3 Å². The van der Waals surface area contributed by atoms with Crippen molar-refractivity contribution in [2.75, 3.05) is 79.7 Å². The number of nitrogens with zero attached hydrogens (tertiary/aromatic N) is 4. The summed E-state index contributed by atoms with van der Waals surface area (Å²) in [4.78, 5) is 84.2. The lowest BCUT2D eigenvalue weighted by Gasteiger charge is -2.39. The maximum atomic E-state index is 14.6. The van der Waals surface area contributed by atoms with Crippen LogP contribution in [0, 0.1) is 29.1 Å². The van der Waals surface area contributed by atoms with E-state index >= 15 is 0 Å². The Morgan fingerprint density at radius 1 is 0.753 bits per heavy atom. The minimum atomic E-state index is -0.927. The second-order valence-electron chi connectivity index (χ2n) is 20.9. The molecule has 73 heavy (non-hydrogen) atoms. The van der Waals surface area contributed by atoms with E-state index < -0.39 is 41.4 Å². The van der Waals surface area contributed by atoms with Gasteiger partial charge in [-0.15, -0.1) is 5.10 Å². The molecular weight excluding hydrogens is 937 g/mol. The Morgan fingerprint density at radius 3 is 2.00 bits per heavy atom. The van der Waals surface area contributed by atoms with E-state index in [1.807, 2.05) is 95.3 Å². The molecule has 0 spiro atoms. The monoisotopic (exact) mass is 1020 g/mol. The number of aromatic nitrogens is 3. The number of amides is 2. The standard InChI is InChI=1S/C55H80N6O12/c1-40(2)31-48(50(63)35-45(33-43-15-11-8-12-16-43)53(66)57-49(32-41(3)4)51(64)55(5)19-20-55)56-52(65)44(18-17-42-13-9-7-10-14-42)34-47(62)37-61(22-25-70-26-23-61)39-73-54(67)72-38-46-36-60(59-58-46)21-24-69-29-30-71-28-27-68-6/h7-16,36,40-41,44-45,48-49H,17-35,37-39H2,1-6H3,(H-,56,57,65,66)/p+1/t44-,45-,48+,49+/m1/s1. The molecule has 2 heterocycles. The number of hydrogen-bond acceptors (Lipinski definition) is 14. The fourth-order valence-electron chi connectivity index (χ4n) is 9.01. The number of rotatable bonds is 35. The minimum absolute atomic E-state index is 0.00616. The maximum absolute atomic E-state index is 14.6. The molecular formula is C55H81N6O12+. The van der Waals surface area contributed by atoms with Crippen molar-refractivity contribution in [3.63, 3.8) is 0 Å². The van der Waals surface area contributed by atoms with Gasteiger partial charge >= 0.3 is 6.16 Å². The van der Waals surface area contributed by atoms with Gasteiger partial charge in [-0.1, -0.05) is 100 Å². The molecule has 18 nitrogen and oxygen atoms in total. The fraction of sp³-hybridized carbons (Fsp3) is 0.636. The number of aryl methyl sites for hydroxylation is 1. The fourth-order valence-corrected chi connectivity index (χ4v) is 9.01. The number of quaternary nitrogens is 1. The highest BCUT2D eigenvalue weighted by molar-refractivity contribution is 5.97. The third kappa shape index (κ3) is 20.8. The van der Waals surface area contributed by atoms with Crippen molar-refractivity contribution in [3.8, 4) is 0 Å². The first kappa shape index (κ1) is 58.5. The van der Waals surface area contributed by atoms with Gasteiger partial charge in [0.2, 0.25) is 18.5 Å². The molecule has 1 aliphatic carbocycles. The van der Waals surface area contributed by atoms with Gasteiger partial charge < -0.3 is 39.1 Å². The van der Waals surface area contributed by atoms with Gasteiger partial charge in [-0.3, -0.25) is 28.5 Å². The van der Waals surface area contributed by atoms with E-state index in [-0.39, 0.29) is 78.7 Å². The highest BCUT2D eigenvalue weighted by Crippen LogP contribution is 2.47. The summed E-state index contributed by atoms with van der Waals surface area (Å²) in [6, 6.07) is 17.6. The predicted molar refractivity (Wildman–Crippen MR) is 272 cm³/mol. The van der Waals surface area contributed by atoms with E-state index in [0.717, 1.165) is 24.0 Å². The van der Waals surface area contributed by atoms with Gasteiger partial charge in [-0.2, -0.15) is 0 Å². The molecule has 2 fully saturated rings. The van der Waals surface area contributed by atoms with Crippen LogP contribution in [-0.4, -0.2) is 147 Å². The molecule has 0 unspecified atom stereocenters. The maximum Gasteiger partial charge on any atom is 0.513 e. The van der Waals surface area contributed by atoms with Crippen molar-refractivity contribution >= 4 is 35.3 Å². The van der Waals surface area contributed by atoms with Gasteiger partial charge in [-0.05, 0) is 67.9 Å². The van der Waals surface area contributed by atoms with Crippen molar-refractivity contribution in [1.29, 1.82) is 0 Å². The predicted octanol–water partition coefficient (Wildman–Crippen LogP) is 5.87. The van der Waals surface area contributed by atoms with Crippen molar-refractivity contribution in [2.45, 2.75) is 118 Å². The summed E-state index contributed by atoms with van der Waals surface area (Å²) in [5.41, 5.74) is 1.84. The van der Waals surface area contributed by atoms with Crippen molar-refractivity contribution < 1.29 is 61.7 Å². The average Bonchev–Trinajstić information content (AvgIpc) is 3.96. The SMILES string of the molecule is COCCOCCOCCn1cc(COC(=O)OC[N+]2(CC(=O)C[C@@H](CCc3ccccc3)C(=O)N[C@@H](CC(C)C)C(=O)C[C@@H](Cc3ccccc3)C(=O)N[C@@H](CC(C)C)C(=O)C3(C)CC3)CCOCC2)nn1. The summed E-state index contributed by atoms with van der Waals surface area (Å²) in [5, 5.41) is 14.2. The first-order valence-electron chi connectivity index (χ1n) is 26.1. The zero-order valence-electron chi connectivity index (χ0n) is 44.1. The number of morpholine rings is 1. The molecule has 2 aromatic carbocycles. The van der Waals surface area contributed by atoms with Crippen LogP contribution in [0.25, 0.3) is 0 Å². The molecule has 2 N–H and O–H groups in total. The van der Waals surface area contributed by atoms with Crippen molar-refractivity contribution in [1.82, 2.24) is 25.6 Å². The summed E-state index contributed by atoms with van der Waals surface area (Å²) in [7, 11) is 1.61. The van der Waals surface area contributed by atoms with E-state index in [1.54, 1.807) is 18.0 Å². The van der Waals surface area contributed by atoms with Crippen LogP contribution < -0.4 is 10.6 Å². The summed E-state index contributed by atoms with van der Waals surface area (Å²) < 4.78 is 34.2. The smallest absolute Gasteiger partial charge is 0.428 e. The first-order valence-corrected chi connectivity index (χ1v) is 26.1. The molecule has 1 aromatic heterocycles. The summed E-state index contributed by atoms with van der Waals surface area (Å²) >= 11 is 0. The van der Waals surface area contributed by atoms with Gasteiger partial charge in [-0.25, -0.2) is 9.48 Å². The molecule has 402 valence electrons. The van der Waals surface area contributed by atoms with Gasteiger partial charge in [0.05, 0.1) is 71.1 Å². The Kier molecular flexibility index (Phi) is 24.1. The molecule has 4 atom stereocenters. The molecule has 5 rings (SSSR count). The number of Topliss-reactive ketones (excluding diaryl/α,β-unsaturated/α-hetero) is 3. The number of hydrogen-bond donors (Lipinski definition) is 2. The highest BCUT2D eigenvalue weighted by Gasteiger charge is 2.48. The van der Waals surface area contributed by atoms with Crippen LogP contribution in [-0.2, 0) is 78.4 Å². The Balaban J connectivity index is 1.23. The molecule has 2 amide bonds. The Hall–Kier alpha value is -5.40. The second-order valence-corrected chi connectivity index (χ2v) is 20.9. The van der Waals surface area contributed by atoms with Crippen LogP contribution >= 0.6 is 0 Å². The van der Waals surface area contributed by atoms with Gasteiger partial charge in [0, 0.05) is 37.2 Å². The number of benzene rings is 2. The molecule has 1 aliphatic heterocycles. The molecule has 0 radical (unpaired) electrons. The Morgan fingerprint density at radius 2 is 1.36 bits per heavy atom. The van der Waals surface area contributed by atoms with Crippen LogP contribution in [0.15, 0.2) is 66.9 Å². The van der Waals surface area contributed by atoms with Crippen LogP contribution in [0.1, 0.15) is 96.4 Å². The third-order valence-electron chi connectivity index (χ3n) is 13.5. The largest absolute Gasteiger partial charge is 0.513 e. The topological polar surface area (TPSA) is 213 Å². The summed E-state index contributed by atoms with van der Waals surface area (Å²) in [5.74, 6) is -2.68. The summed E-state index contributed by atoms with van der Waals surface area (Å²) in [6.07, 6.45) is 3.97. The normalized spacial score (nSPS) is 16.5. The molecule has 18 heteroatoms. The number of nitrogens with one attached hydrogen (secondary N) is 2. The molecule has 1 saturated heterocycles. The number of carbonyl (C=O) groups is 6. The first-order chi connectivity index (χ1) is 35.1. The van der Waals surface area contributed by atoms with Crippen LogP contribution in [0.2, 0.25) is 0 Å². The van der Waals surface area contributed by atoms with Crippen molar-refractivity contribution in [2.24, 2.45) is 29.1 Å². The second kappa shape index (κ2) is 30.1. The van der Waals surface area contributed by atoms with E-state index in [4.69, 9.17) is 28.4 Å². The Labute approximate surface area is 431 Å². The quantitative estimate of drug-likeness (QED) is 0.0401. The minimum Gasteiger partial charge on any atom is -0.428 e. The van der Waals surface area contributed by atoms with Crippen LogP contribution in [0.4, 0.5) is 4.79 Å². The van der Waals surface area contributed by atoms with Gasteiger partial charge in [0.1, 0.15) is 31.9 Å². The molecule has 3 aromatic rings. The number of ether oxygens (including phenoxy) is 6. The van der Waals surface area contributed by atoms with E-state index in [0.29, 0.717) is 97.3 Å². The van der Waals surface area contributed by atoms with Gasteiger partial charge in [0.25, 0.3) is 0 Å². The van der Waals surface area contributed by atoms with Crippen LogP contribution in [0.5, 0.6) is 0 Å². The summed E-state index contributed by atoms with van der Waals surface area (Å²) in [6.45, 7) is 13.8. The van der Waals surface area contributed by atoms with E-state index in [1.165, 1.54) is 0 Å². The Bertz CT molecular complexity index is 2180. The van der Waals surface area contributed by atoms with Crippen molar-refractivity contribution in [3.05, 3.63) is 83.7 Å². The van der Waals surface area contributed by atoms with E-state index in [2.05, 4.69) is 20.9 Å². The average molecular weight is 1020 g/mol.